The summed E-state index contributed by atoms with van der Waals surface area (Å²) in [4.78, 5) is 9.73. The summed E-state index contributed by atoms with van der Waals surface area (Å²) < 4.78 is 0. The van der Waals surface area contributed by atoms with Gasteiger partial charge in [-0.05, 0) is 17.7 Å². The zero-order valence-corrected chi connectivity index (χ0v) is 6.38. The first kappa shape index (κ1) is 7.81. The highest BCUT2D eigenvalue weighted by Crippen LogP contribution is 2.10. The molecule has 11 heavy (non-hydrogen) atoms. The van der Waals surface area contributed by atoms with Crippen molar-refractivity contribution in [1.82, 2.24) is 0 Å². The highest BCUT2D eigenvalue weighted by Gasteiger charge is 2.01. The molecule has 56 valence electrons. The Morgan fingerprint density at radius 2 is 1.91 bits per heavy atom. The van der Waals surface area contributed by atoms with Gasteiger partial charge in [0, 0.05) is 17.5 Å². The molecule has 1 rings (SSSR count). The summed E-state index contributed by atoms with van der Waals surface area (Å²) in [6, 6.07) is 6.09. The van der Waals surface area contributed by atoms with E-state index in [-0.39, 0.29) is 5.69 Å². The van der Waals surface area contributed by atoms with Gasteiger partial charge in [0.25, 0.3) is 5.69 Å². The van der Waals surface area contributed by atoms with Crippen LogP contribution in [0.2, 0.25) is 0 Å². The Morgan fingerprint density at radius 3 is 2.27 bits per heavy atom. The van der Waals surface area contributed by atoms with Gasteiger partial charge in [-0.1, -0.05) is 12.2 Å². The molecule has 0 amide bonds. The first-order chi connectivity index (χ1) is 5.24. The molecule has 0 spiro atoms. The molecule has 0 aliphatic heterocycles. The van der Waals surface area contributed by atoms with Crippen LogP contribution in [0.1, 0.15) is 5.56 Å². The Hall–Kier alpha value is -1.29. The zero-order valence-electron chi connectivity index (χ0n) is 5.56. The first-order valence-electron chi connectivity index (χ1n) is 2.93. The molecule has 0 unspecified atom stereocenters. The van der Waals surface area contributed by atoms with Crippen LogP contribution in [0.3, 0.4) is 0 Å². The Balaban J connectivity index is 3.00. The molecule has 0 aliphatic carbocycles. The molecule has 0 aromatic heterocycles. The van der Waals surface area contributed by atoms with E-state index in [2.05, 4.69) is 12.2 Å². The summed E-state index contributed by atoms with van der Waals surface area (Å²) in [6.45, 7) is 0. The third kappa shape index (κ3) is 1.81. The van der Waals surface area contributed by atoms with Crippen molar-refractivity contribution in [1.29, 1.82) is 0 Å². The van der Waals surface area contributed by atoms with Gasteiger partial charge in [0.2, 0.25) is 0 Å². The standard InChI is InChI=1S/C7H5NO2S/c9-8(10)7-3-1-6(5-11)2-4-7/h1-5H. The Kier molecular flexibility index (Phi) is 2.28. The van der Waals surface area contributed by atoms with Gasteiger partial charge in [-0.15, -0.1) is 0 Å². The maximum Gasteiger partial charge on any atom is 0.269 e. The normalized spacial score (nSPS) is 9.09. The molecule has 1 aromatic rings. The minimum absolute atomic E-state index is 0.0885. The second-order valence-electron chi connectivity index (χ2n) is 1.97. The van der Waals surface area contributed by atoms with Crippen molar-refractivity contribution in [2.24, 2.45) is 0 Å². The van der Waals surface area contributed by atoms with Crippen molar-refractivity contribution < 1.29 is 4.92 Å². The number of nitro groups is 1. The van der Waals surface area contributed by atoms with E-state index in [4.69, 9.17) is 0 Å². The fourth-order valence-electron chi connectivity index (χ4n) is 0.675. The number of hydrogen-bond acceptors (Lipinski definition) is 3. The van der Waals surface area contributed by atoms with Gasteiger partial charge in [0.05, 0.1) is 4.92 Å². The van der Waals surface area contributed by atoms with Gasteiger partial charge in [0.1, 0.15) is 0 Å². The van der Waals surface area contributed by atoms with E-state index < -0.39 is 4.92 Å². The topological polar surface area (TPSA) is 43.1 Å². The van der Waals surface area contributed by atoms with Crippen LogP contribution in [0.25, 0.3) is 0 Å². The number of rotatable bonds is 2. The summed E-state index contributed by atoms with van der Waals surface area (Å²) >= 11 is 4.63. The number of nitrogens with zero attached hydrogens (tertiary/aromatic N) is 1. The molecule has 0 atom stereocenters. The predicted octanol–water partition coefficient (Wildman–Crippen LogP) is 1.94. The van der Waals surface area contributed by atoms with E-state index in [0.29, 0.717) is 0 Å². The second-order valence-corrected chi connectivity index (χ2v) is 2.20. The number of thiocarbonyl (C=S) groups is 1. The van der Waals surface area contributed by atoms with Gasteiger partial charge in [-0.25, -0.2) is 0 Å². The smallest absolute Gasteiger partial charge is 0.258 e. The molecule has 0 heterocycles. The summed E-state index contributed by atoms with van der Waals surface area (Å²) in [7, 11) is 0. The first-order valence-corrected chi connectivity index (χ1v) is 3.41. The minimum Gasteiger partial charge on any atom is -0.258 e. The van der Waals surface area contributed by atoms with Crippen LogP contribution in [-0.2, 0) is 0 Å². The third-order valence-electron chi connectivity index (χ3n) is 1.24. The van der Waals surface area contributed by atoms with Crippen molar-refractivity contribution in [2.45, 2.75) is 0 Å². The molecule has 0 saturated heterocycles. The monoisotopic (exact) mass is 167 g/mol. The predicted molar refractivity (Wildman–Crippen MR) is 45.9 cm³/mol. The molecule has 0 N–H and O–H groups in total. The van der Waals surface area contributed by atoms with E-state index in [9.17, 15) is 10.1 Å². The van der Waals surface area contributed by atoms with Gasteiger partial charge < -0.3 is 0 Å². The molecule has 0 aliphatic rings. The lowest BCUT2D eigenvalue weighted by atomic mass is 10.2. The zero-order chi connectivity index (χ0) is 8.27. The van der Waals surface area contributed by atoms with Crippen LogP contribution in [0.5, 0.6) is 0 Å². The van der Waals surface area contributed by atoms with Crippen LogP contribution in [0.4, 0.5) is 5.69 Å². The lowest BCUT2D eigenvalue weighted by molar-refractivity contribution is -0.384. The van der Waals surface area contributed by atoms with Crippen molar-refractivity contribution in [2.75, 3.05) is 0 Å². The Labute approximate surface area is 68.8 Å². The van der Waals surface area contributed by atoms with Crippen LogP contribution in [0.15, 0.2) is 24.3 Å². The molecule has 0 radical (unpaired) electrons. The van der Waals surface area contributed by atoms with Crippen LogP contribution in [0, 0.1) is 10.1 Å². The largest absolute Gasteiger partial charge is 0.269 e. The highest BCUT2D eigenvalue weighted by molar-refractivity contribution is 7.79. The van der Waals surface area contributed by atoms with Crippen molar-refractivity contribution >= 4 is 23.3 Å². The number of benzene rings is 1. The van der Waals surface area contributed by atoms with Gasteiger partial charge >= 0.3 is 0 Å². The van der Waals surface area contributed by atoms with E-state index in [1.807, 2.05) is 0 Å². The summed E-state index contributed by atoms with van der Waals surface area (Å²) in [6.07, 6.45) is 0. The second kappa shape index (κ2) is 3.21. The summed E-state index contributed by atoms with van der Waals surface area (Å²) in [5, 5.41) is 11.6. The highest BCUT2D eigenvalue weighted by atomic mass is 32.1. The maximum atomic E-state index is 10.2. The fourth-order valence-corrected chi connectivity index (χ4v) is 0.832. The van der Waals surface area contributed by atoms with E-state index in [1.165, 1.54) is 17.5 Å². The molecule has 3 nitrogen and oxygen atoms in total. The van der Waals surface area contributed by atoms with E-state index in [1.54, 1.807) is 12.1 Å². The fraction of sp³-hybridized carbons (Fsp3) is 0. The van der Waals surface area contributed by atoms with Gasteiger partial charge in [-0.2, -0.15) is 0 Å². The lowest BCUT2D eigenvalue weighted by Crippen LogP contribution is -1.87. The molecular formula is C7H5NO2S. The SMILES string of the molecule is O=[N+]([O-])c1ccc(C=S)cc1. The molecule has 0 bridgehead atoms. The molecule has 1 aromatic carbocycles. The molecule has 0 fully saturated rings. The quantitative estimate of drug-likeness (QED) is 0.384. The van der Waals surface area contributed by atoms with Gasteiger partial charge in [0.15, 0.2) is 0 Å². The van der Waals surface area contributed by atoms with Crippen LogP contribution < -0.4 is 0 Å². The summed E-state index contributed by atoms with van der Waals surface area (Å²) in [5.41, 5.74) is 0.899. The summed E-state index contributed by atoms with van der Waals surface area (Å²) in [5.74, 6) is 0. The van der Waals surface area contributed by atoms with Crippen LogP contribution in [-0.4, -0.2) is 10.3 Å². The van der Waals surface area contributed by atoms with Crippen molar-refractivity contribution in [3.05, 3.63) is 39.9 Å². The van der Waals surface area contributed by atoms with E-state index >= 15 is 0 Å². The van der Waals surface area contributed by atoms with Gasteiger partial charge in [-0.3, -0.25) is 10.1 Å². The molecule has 4 heteroatoms. The maximum absolute atomic E-state index is 10.2. The molecular weight excluding hydrogens is 162 g/mol. The average Bonchev–Trinajstić information content (AvgIpc) is 2.05. The van der Waals surface area contributed by atoms with Crippen molar-refractivity contribution in [3.8, 4) is 0 Å². The number of nitro benzene ring substituents is 1. The lowest BCUT2D eigenvalue weighted by Gasteiger charge is -1.90. The Bertz CT molecular complexity index is 281. The number of hydrogen-bond donors (Lipinski definition) is 0. The van der Waals surface area contributed by atoms with Crippen molar-refractivity contribution in [3.63, 3.8) is 0 Å². The van der Waals surface area contributed by atoms with Crippen LogP contribution >= 0.6 is 12.2 Å². The third-order valence-corrected chi connectivity index (χ3v) is 1.51. The average molecular weight is 167 g/mol. The molecule has 0 saturated carbocycles. The number of non-ortho nitro benzene ring substituents is 1. The minimum atomic E-state index is -0.437. The Morgan fingerprint density at radius 1 is 1.36 bits per heavy atom. The van der Waals surface area contributed by atoms with E-state index in [0.717, 1.165) is 5.56 Å².